The Bertz CT molecular complexity index is 1110. The molecule has 0 spiro atoms. The molecule has 152 valence electrons. The van der Waals surface area contributed by atoms with Crippen molar-refractivity contribution in [3.63, 3.8) is 0 Å². The summed E-state index contributed by atoms with van der Waals surface area (Å²) in [5.74, 6) is 1.46. The van der Waals surface area contributed by atoms with Crippen LogP contribution in [0.3, 0.4) is 0 Å². The van der Waals surface area contributed by atoms with Crippen LogP contribution in [0.4, 0.5) is 0 Å². The second-order valence-electron chi connectivity index (χ2n) is 6.30. The summed E-state index contributed by atoms with van der Waals surface area (Å²) in [5.41, 5.74) is 2.50. The van der Waals surface area contributed by atoms with Crippen molar-refractivity contribution >= 4 is 17.2 Å². The van der Waals surface area contributed by atoms with Gasteiger partial charge >= 0.3 is 0 Å². The van der Waals surface area contributed by atoms with Crippen molar-refractivity contribution in [3.8, 4) is 27.7 Å². The summed E-state index contributed by atoms with van der Waals surface area (Å²) >= 11 is 1.50. The fraction of sp³-hybridized carbons (Fsp3) is 0.190. The third-order valence-electron chi connectivity index (χ3n) is 4.15. The number of pyridine rings is 1. The highest BCUT2D eigenvalue weighted by Gasteiger charge is 2.12. The molecular formula is C21H19N5O3S. The minimum Gasteiger partial charge on any atom is -0.494 e. The molecule has 8 nitrogen and oxygen atoms in total. The Balaban J connectivity index is 1.31. The van der Waals surface area contributed by atoms with Crippen LogP contribution in [0.2, 0.25) is 0 Å². The van der Waals surface area contributed by atoms with Crippen LogP contribution in [-0.2, 0) is 17.8 Å². The smallest absolute Gasteiger partial charge is 0.246 e. The molecule has 4 aromatic rings. The van der Waals surface area contributed by atoms with E-state index in [-0.39, 0.29) is 18.9 Å². The van der Waals surface area contributed by atoms with E-state index in [1.165, 1.54) is 11.3 Å². The van der Waals surface area contributed by atoms with Crippen molar-refractivity contribution in [1.82, 2.24) is 25.4 Å². The second kappa shape index (κ2) is 9.27. The van der Waals surface area contributed by atoms with Gasteiger partial charge in [-0.25, -0.2) is 4.98 Å². The number of hydrogen-bond acceptors (Lipinski definition) is 8. The number of aromatic nitrogens is 4. The lowest BCUT2D eigenvalue weighted by molar-refractivity contribution is -0.120. The Labute approximate surface area is 177 Å². The van der Waals surface area contributed by atoms with Gasteiger partial charge in [0.1, 0.15) is 10.8 Å². The van der Waals surface area contributed by atoms with E-state index in [4.69, 9.17) is 9.26 Å². The first-order chi connectivity index (χ1) is 14.7. The minimum absolute atomic E-state index is 0.160. The van der Waals surface area contributed by atoms with Gasteiger partial charge in [-0.05, 0) is 43.3 Å². The van der Waals surface area contributed by atoms with E-state index in [1.54, 1.807) is 24.5 Å². The van der Waals surface area contributed by atoms with Crippen LogP contribution in [0.5, 0.6) is 5.75 Å². The van der Waals surface area contributed by atoms with E-state index in [1.807, 2.05) is 36.6 Å². The summed E-state index contributed by atoms with van der Waals surface area (Å²) in [6.45, 7) is 2.74. The largest absolute Gasteiger partial charge is 0.494 e. The zero-order valence-electron chi connectivity index (χ0n) is 16.2. The lowest BCUT2D eigenvalue weighted by Gasteiger charge is -2.03. The van der Waals surface area contributed by atoms with Gasteiger partial charge in [0.15, 0.2) is 0 Å². The molecule has 4 rings (SSSR count). The minimum atomic E-state index is -0.165. The van der Waals surface area contributed by atoms with Crippen LogP contribution in [-0.4, -0.2) is 32.6 Å². The highest BCUT2D eigenvalue weighted by Crippen LogP contribution is 2.26. The van der Waals surface area contributed by atoms with Crippen molar-refractivity contribution in [2.75, 3.05) is 6.61 Å². The van der Waals surface area contributed by atoms with Gasteiger partial charge in [-0.2, -0.15) is 4.98 Å². The quantitative estimate of drug-likeness (QED) is 0.464. The molecule has 9 heteroatoms. The number of carbonyl (C=O) groups excluding carboxylic acids is 1. The summed E-state index contributed by atoms with van der Waals surface area (Å²) in [5, 5.41) is 9.45. The maximum atomic E-state index is 12.3. The predicted molar refractivity (Wildman–Crippen MR) is 112 cm³/mol. The van der Waals surface area contributed by atoms with Crippen LogP contribution in [0.1, 0.15) is 18.5 Å². The number of rotatable bonds is 8. The molecule has 3 heterocycles. The van der Waals surface area contributed by atoms with Gasteiger partial charge in [0.05, 0.1) is 25.3 Å². The molecule has 1 N–H and O–H groups in total. The highest BCUT2D eigenvalue weighted by atomic mass is 32.1. The molecule has 0 fully saturated rings. The molecule has 3 aromatic heterocycles. The average Bonchev–Trinajstić information content (AvgIpc) is 3.44. The number of carbonyl (C=O) groups is 1. The lowest BCUT2D eigenvalue weighted by atomic mass is 10.2. The summed E-state index contributed by atoms with van der Waals surface area (Å²) in [4.78, 5) is 25.1. The van der Waals surface area contributed by atoms with Crippen LogP contribution < -0.4 is 10.1 Å². The van der Waals surface area contributed by atoms with Crippen LogP contribution in [0.25, 0.3) is 22.0 Å². The molecule has 0 atom stereocenters. The van der Waals surface area contributed by atoms with Crippen molar-refractivity contribution < 1.29 is 14.1 Å². The third-order valence-corrected chi connectivity index (χ3v) is 5.09. The van der Waals surface area contributed by atoms with Crippen molar-refractivity contribution in [3.05, 3.63) is 65.8 Å². The van der Waals surface area contributed by atoms with Gasteiger partial charge in [-0.3, -0.25) is 9.78 Å². The third kappa shape index (κ3) is 4.87. The van der Waals surface area contributed by atoms with Gasteiger partial charge in [-0.1, -0.05) is 5.16 Å². The molecule has 0 saturated heterocycles. The summed E-state index contributed by atoms with van der Waals surface area (Å²) in [6, 6.07) is 11.3. The first kappa shape index (κ1) is 19.7. The van der Waals surface area contributed by atoms with Gasteiger partial charge in [0, 0.05) is 28.9 Å². The molecule has 0 aliphatic heterocycles. The zero-order valence-corrected chi connectivity index (χ0v) is 17.1. The Morgan fingerprint density at radius 1 is 1.10 bits per heavy atom. The number of nitrogens with one attached hydrogen (secondary N) is 1. The van der Waals surface area contributed by atoms with Gasteiger partial charge in [-0.15, -0.1) is 11.3 Å². The van der Waals surface area contributed by atoms with Crippen molar-refractivity contribution in [1.29, 1.82) is 0 Å². The molecule has 0 aliphatic rings. The van der Waals surface area contributed by atoms with Gasteiger partial charge < -0.3 is 14.6 Å². The number of benzene rings is 1. The van der Waals surface area contributed by atoms with Gasteiger partial charge in [0.25, 0.3) is 0 Å². The molecule has 30 heavy (non-hydrogen) atoms. The maximum absolute atomic E-state index is 12.3. The summed E-state index contributed by atoms with van der Waals surface area (Å²) < 4.78 is 10.6. The molecule has 1 amide bonds. The SMILES string of the molecule is CCOc1ccc(-c2nc(CC(=O)NCc3nc(-c4ccncc4)no3)cs2)cc1. The lowest BCUT2D eigenvalue weighted by Crippen LogP contribution is -2.24. The first-order valence-electron chi connectivity index (χ1n) is 9.38. The topological polar surface area (TPSA) is 103 Å². The molecule has 0 aliphatic carbocycles. The average molecular weight is 421 g/mol. The molecule has 0 radical (unpaired) electrons. The fourth-order valence-electron chi connectivity index (χ4n) is 2.73. The molecular weight excluding hydrogens is 402 g/mol. The Kier molecular flexibility index (Phi) is 6.09. The second-order valence-corrected chi connectivity index (χ2v) is 7.16. The van der Waals surface area contributed by atoms with E-state index < -0.39 is 0 Å². The maximum Gasteiger partial charge on any atom is 0.246 e. The van der Waals surface area contributed by atoms with E-state index in [0.717, 1.165) is 21.9 Å². The number of nitrogens with zero attached hydrogens (tertiary/aromatic N) is 4. The Hall–Kier alpha value is -3.59. The van der Waals surface area contributed by atoms with E-state index in [9.17, 15) is 4.79 Å². The Morgan fingerprint density at radius 3 is 2.67 bits per heavy atom. The normalized spacial score (nSPS) is 10.7. The van der Waals surface area contributed by atoms with Crippen LogP contribution in [0, 0.1) is 0 Å². The first-order valence-corrected chi connectivity index (χ1v) is 10.3. The summed E-state index contributed by atoms with van der Waals surface area (Å²) in [7, 11) is 0. The van der Waals surface area contributed by atoms with E-state index in [2.05, 4.69) is 25.4 Å². The van der Waals surface area contributed by atoms with Crippen molar-refractivity contribution in [2.45, 2.75) is 19.9 Å². The van der Waals surface area contributed by atoms with E-state index >= 15 is 0 Å². The molecule has 0 bridgehead atoms. The number of amides is 1. The monoisotopic (exact) mass is 421 g/mol. The Morgan fingerprint density at radius 2 is 1.90 bits per heavy atom. The molecule has 0 saturated carbocycles. The highest BCUT2D eigenvalue weighted by molar-refractivity contribution is 7.13. The number of thiazole rings is 1. The van der Waals surface area contributed by atoms with Crippen LogP contribution in [0.15, 0.2) is 58.7 Å². The van der Waals surface area contributed by atoms with E-state index in [0.29, 0.717) is 24.0 Å². The number of ether oxygens (including phenoxy) is 1. The summed E-state index contributed by atoms with van der Waals surface area (Å²) in [6.07, 6.45) is 3.49. The zero-order chi connectivity index (χ0) is 20.8. The van der Waals surface area contributed by atoms with Crippen LogP contribution >= 0.6 is 11.3 Å². The van der Waals surface area contributed by atoms with Crippen molar-refractivity contribution in [2.24, 2.45) is 0 Å². The van der Waals surface area contributed by atoms with Gasteiger partial charge in [0.2, 0.25) is 17.6 Å². The molecule has 0 unspecified atom stereocenters. The number of hydrogen-bond donors (Lipinski definition) is 1. The fourth-order valence-corrected chi connectivity index (χ4v) is 3.55. The standard InChI is InChI=1S/C21H19N5O3S/c1-2-28-17-5-3-15(4-6-17)21-24-16(13-30-21)11-18(27)23-12-19-25-20(26-29-19)14-7-9-22-10-8-14/h3-10,13H,2,11-12H2,1H3,(H,23,27). The molecule has 1 aromatic carbocycles. The predicted octanol–water partition coefficient (Wildman–Crippen LogP) is 3.51.